The third-order valence-electron chi connectivity index (χ3n) is 8.09. The van der Waals surface area contributed by atoms with Gasteiger partial charge in [0.15, 0.2) is 0 Å². The molecule has 1 saturated heterocycles. The van der Waals surface area contributed by atoms with E-state index in [1.165, 1.54) is 11.1 Å². The lowest BCUT2D eigenvalue weighted by Gasteiger charge is -2.33. The Hall–Kier alpha value is -3.84. The number of ether oxygens (including phenoxy) is 1. The molecule has 1 fully saturated rings. The Morgan fingerprint density at radius 3 is 2.49 bits per heavy atom. The Kier molecular flexibility index (Phi) is 8.57. The third kappa shape index (κ3) is 6.72. The normalized spacial score (nSPS) is 15.6. The van der Waals surface area contributed by atoms with Crippen molar-refractivity contribution in [2.24, 2.45) is 0 Å². The number of nitrogens with zero attached hydrogens (tertiary/aromatic N) is 3. The Balaban J connectivity index is 1.25. The molecule has 1 aliphatic rings. The second-order valence-corrected chi connectivity index (χ2v) is 20.0. The molecule has 230 valence electrons. The van der Waals surface area contributed by atoms with Crippen LogP contribution in [0.5, 0.6) is 0 Å². The van der Waals surface area contributed by atoms with Crippen LogP contribution in [0.15, 0.2) is 59.5 Å². The average molecular weight is 626 g/mol. The number of para-hydroxylation sites is 2. The molecule has 1 unspecified atom stereocenters. The summed E-state index contributed by atoms with van der Waals surface area (Å²) < 4.78 is 34.2. The number of carbonyl (C=O) groups is 2. The van der Waals surface area contributed by atoms with Gasteiger partial charge in [0.1, 0.15) is 6.04 Å². The number of nitrogens with one attached hydrogen (secondary N) is 2. The van der Waals surface area contributed by atoms with Crippen molar-refractivity contribution in [1.82, 2.24) is 23.7 Å². The molecule has 2 N–H and O–H groups in total. The predicted molar refractivity (Wildman–Crippen MR) is 170 cm³/mol. The predicted octanol–water partition coefficient (Wildman–Crippen LogP) is 3.93. The number of aromatic nitrogens is 3. The van der Waals surface area contributed by atoms with Crippen molar-refractivity contribution in [3.63, 3.8) is 0 Å². The van der Waals surface area contributed by atoms with Gasteiger partial charge in [-0.2, -0.15) is 0 Å². The summed E-state index contributed by atoms with van der Waals surface area (Å²) in [7, 11) is -3.75. The van der Waals surface area contributed by atoms with Crippen LogP contribution in [0.25, 0.3) is 21.9 Å². The molecule has 11 nitrogen and oxygen atoms in total. The molecular weight excluding hydrogens is 587 g/mol. The summed E-state index contributed by atoms with van der Waals surface area (Å²) >= 11 is 0. The van der Waals surface area contributed by atoms with Gasteiger partial charge in [0.25, 0.3) is 0 Å². The summed E-state index contributed by atoms with van der Waals surface area (Å²) in [6, 6.07) is 14.0. The number of methoxy groups -OCH3 is 1. The number of fused-ring (bicyclic) bond motifs is 2. The average Bonchev–Trinajstić information content (AvgIpc) is 3.55. The first-order valence-electron chi connectivity index (χ1n) is 14.5. The van der Waals surface area contributed by atoms with Crippen molar-refractivity contribution in [1.29, 1.82) is 0 Å². The number of amides is 2. The molecule has 2 aromatic heterocycles. The fourth-order valence-electron chi connectivity index (χ4n) is 5.65. The van der Waals surface area contributed by atoms with E-state index in [-0.39, 0.29) is 29.9 Å². The lowest BCUT2D eigenvalue weighted by atomic mass is 10.0. The van der Waals surface area contributed by atoms with E-state index in [1.54, 1.807) is 33.9 Å². The summed E-state index contributed by atoms with van der Waals surface area (Å²) in [5.41, 5.74) is 2.81. The highest BCUT2D eigenvalue weighted by atomic mass is 32.2. The first kappa shape index (κ1) is 30.6. The highest BCUT2D eigenvalue weighted by molar-refractivity contribution is 7.90. The number of esters is 1. The molecule has 0 bridgehead atoms. The molecular formula is C30H39N5O6SSi. The monoisotopic (exact) mass is 625 g/mol. The molecule has 2 amide bonds. The van der Waals surface area contributed by atoms with Gasteiger partial charge in [-0.3, -0.25) is 4.57 Å². The SMILES string of the molecule is COC(=O)C(Cc1ccc2c(ccn2S(=O)(=O)CC[Si](C)(C)C)c1)NC(=O)N1CCC(n2c(=O)[nH]c3ccccc32)CC1. The van der Waals surface area contributed by atoms with Crippen molar-refractivity contribution in [3.05, 3.63) is 70.8 Å². The van der Waals surface area contributed by atoms with Gasteiger partial charge in [-0.15, -0.1) is 0 Å². The van der Waals surface area contributed by atoms with E-state index in [9.17, 15) is 22.8 Å². The van der Waals surface area contributed by atoms with Gasteiger partial charge in [-0.1, -0.05) is 37.8 Å². The Morgan fingerprint density at radius 2 is 1.79 bits per heavy atom. The molecule has 3 heterocycles. The number of imidazole rings is 1. The highest BCUT2D eigenvalue weighted by Gasteiger charge is 2.30. The molecule has 0 spiro atoms. The molecule has 5 rings (SSSR count). The topological polar surface area (TPSA) is 135 Å². The molecule has 13 heteroatoms. The summed E-state index contributed by atoms with van der Waals surface area (Å²) in [6.45, 7) is 7.31. The van der Waals surface area contributed by atoms with Crippen molar-refractivity contribution in [3.8, 4) is 0 Å². The maximum Gasteiger partial charge on any atom is 0.328 e. The highest BCUT2D eigenvalue weighted by Crippen LogP contribution is 2.26. The van der Waals surface area contributed by atoms with Crippen molar-refractivity contribution < 1.29 is 22.7 Å². The number of rotatable bonds is 9. The number of piperidine rings is 1. The number of hydrogen-bond donors (Lipinski definition) is 2. The van der Waals surface area contributed by atoms with Gasteiger partial charge in [0, 0.05) is 45.2 Å². The number of carbonyl (C=O) groups excluding carboxylic acids is 2. The minimum absolute atomic E-state index is 0.0394. The Bertz CT molecular complexity index is 1810. The van der Waals surface area contributed by atoms with E-state index in [0.717, 1.165) is 22.0 Å². The van der Waals surface area contributed by atoms with E-state index >= 15 is 0 Å². The van der Waals surface area contributed by atoms with Gasteiger partial charge in [-0.05, 0) is 54.8 Å². The molecule has 0 saturated carbocycles. The molecule has 2 aromatic carbocycles. The van der Waals surface area contributed by atoms with Gasteiger partial charge < -0.3 is 19.9 Å². The largest absolute Gasteiger partial charge is 0.467 e. The van der Waals surface area contributed by atoms with Crippen LogP contribution in [0, 0.1) is 0 Å². The van der Waals surface area contributed by atoms with E-state index in [0.29, 0.717) is 37.5 Å². The van der Waals surface area contributed by atoms with E-state index < -0.39 is 30.1 Å². The van der Waals surface area contributed by atoms with E-state index in [4.69, 9.17) is 4.74 Å². The smallest absolute Gasteiger partial charge is 0.328 e. The standard InChI is InChI=1S/C30H39N5O6SSi/c1-41-28(36)25(20-21-9-10-26-22(19-21)11-16-34(26)42(39,40)17-18-43(2,3)4)32-29(37)33-14-12-23(13-15-33)35-27-8-6-5-7-24(27)31-30(35)38/h5-11,16,19,23,25H,12-15,17-18,20H2,1-4H3,(H,31,38)(H,32,37). The van der Waals surface area contributed by atoms with Crippen LogP contribution in [-0.4, -0.2) is 78.9 Å². The second kappa shape index (κ2) is 12.0. The molecule has 4 aromatic rings. The van der Waals surface area contributed by atoms with Crippen LogP contribution in [0.4, 0.5) is 4.79 Å². The molecule has 0 aliphatic carbocycles. The van der Waals surface area contributed by atoms with Gasteiger partial charge >= 0.3 is 17.7 Å². The number of urea groups is 1. The van der Waals surface area contributed by atoms with Crippen LogP contribution < -0.4 is 11.0 Å². The zero-order chi connectivity index (χ0) is 30.9. The molecule has 43 heavy (non-hydrogen) atoms. The number of likely N-dealkylation sites (tertiary alicyclic amines) is 1. The number of benzene rings is 2. The number of H-pyrrole nitrogens is 1. The minimum atomic E-state index is -3.50. The molecule has 1 atom stereocenters. The van der Waals surface area contributed by atoms with E-state index in [2.05, 4.69) is 29.9 Å². The Morgan fingerprint density at radius 1 is 1.07 bits per heavy atom. The van der Waals surface area contributed by atoms with Crippen molar-refractivity contribution in [2.45, 2.75) is 57.0 Å². The first-order valence-corrected chi connectivity index (χ1v) is 19.8. The fraction of sp³-hybridized carbons (Fsp3) is 0.433. The number of hydrogen-bond acceptors (Lipinski definition) is 6. The summed E-state index contributed by atoms with van der Waals surface area (Å²) in [4.78, 5) is 43.0. The summed E-state index contributed by atoms with van der Waals surface area (Å²) in [5, 5.41) is 3.56. The maximum atomic E-state index is 13.2. The summed E-state index contributed by atoms with van der Waals surface area (Å²) in [6.07, 6.45) is 2.96. The van der Waals surface area contributed by atoms with Crippen molar-refractivity contribution in [2.75, 3.05) is 26.0 Å². The van der Waals surface area contributed by atoms with Gasteiger partial charge in [0.2, 0.25) is 10.0 Å². The van der Waals surface area contributed by atoms with Crippen molar-refractivity contribution >= 4 is 52.0 Å². The van der Waals surface area contributed by atoms with Crippen LogP contribution in [0.1, 0.15) is 24.4 Å². The minimum Gasteiger partial charge on any atom is -0.467 e. The second-order valence-electron chi connectivity index (χ2n) is 12.4. The van der Waals surface area contributed by atoms with E-state index in [1.807, 2.05) is 30.3 Å². The maximum absolute atomic E-state index is 13.2. The molecule has 0 radical (unpaired) electrons. The third-order valence-corrected chi connectivity index (χ3v) is 11.8. The quantitative estimate of drug-likeness (QED) is 0.214. The first-order chi connectivity index (χ1) is 20.4. The van der Waals surface area contributed by atoms with Crippen LogP contribution in [-0.2, 0) is 26.0 Å². The van der Waals surface area contributed by atoms with Crippen LogP contribution in [0.3, 0.4) is 0 Å². The summed E-state index contributed by atoms with van der Waals surface area (Å²) in [5.74, 6) is -0.472. The lowest BCUT2D eigenvalue weighted by Crippen LogP contribution is -2.51. The molecule has 1 aliphatic heterocycles. The zero-order valence-electron chi connectivity index (χ0n) is 25.0. The Labute approximate surface area is 251 Å². The lowest BCUT2D eigenvalue weighted by molar-refractivity contribution is -0.142. The van der Waals surface area contributed by atoms with Crippen LogP contribution in [0.2, 0.25) is 25.7 Å². The van der Waals surface area contributed by atoms with Gasteiger partial charge in [0.05, 0.1) is 29.4 Å². The fourth-order valence-corrected chi connectivity index (χ4v) is 10.0. The van der Waals surface area contributed by atoms with Crippen LogP contribution >= 0.6 is 0 Å². The van der Waals surface area contributed by atoms with Gasteiger partial charge in [-0.25, -0.2) is 26.8 Å². The zero-order valence-corrected chi connectivity index (χ0v) is 26.8. The number of aromatic amines is 1.